The standard InChI is InChI=1S/C19H26N2O4S/c1-3-4-5-8-13(2)20-17(22)12-25-18(23)11-16-19(24)21-14-9-6-7-10-15(14)26-16/h6-7,9-10,13,16H,3-5,8,11-12H2,1-2H3,(H,20,22)(H,21,24)/t13-,16-/m0/s1. The van der Waals surface area contributed by atoms with Gasteiger partial charge < -0.3 is 15.4 Å². The van der Waals surface area contributed by atoms with E-state index in [-0.39, 0.29) is 30.9 Å². The summed E-state index contributed by atoms with van der Waals surface area (Å²) in [6.45, 7) is 3.76. The summed E-state index contributed by atoms with van der Waals surface area (Å²) in [6.07, 6.45) is 4.18. The maximum atomic E-state index is 12.1. The lowest BCUT2D eigenvalue weighted by molar-refractivity contribution is -0.149. The molecule has 0 aliphatic carbocycles. The monoisotopic (exact) mass is 378 g/mol. The van der Waals surface area contributed by atoms with Crippen LogP contribution in [0, 0.1) is 0 Å². The number of fused-ring (bicyclic) bond motifs is 1. The van der Waals surface area contributed by atoms with Crippen LogP contribution >= 0.6 is 11.8 Å². The van der Waals surface area contributed by atoms with Crippen molar-refractivity contribution in [2.75, 3.05) is 11.9 Å². The van der Waals surface area contributed by atoms with Crippen LogP contribution in [0.3, 0.4) is 0 Å². The van der Waals surface area contributed by atoms with Gasteiger partial charge in [0, 0.05) is 10.9 Å². The summed E-state index contributed by atoms with van der Waals surface area (Å²) in [5.74, 6) is -1.08. The molecule has 1 aromatic rings. The van der Waals surface area contributed by atoms with Crippen molar-refractivity contribution in [3.05, 3.63) is 24.3 Å². The minimum Gasteiger partial charge on any atom is -0.456 e. The topological polar surface area (TPSA) is 84.5 Å². The maximum absolute atomic E-state index is 12.1. The number of hydrogen-bond donors (Lipinski definition) is 2. The highest BCUT2D eigenvalue weighted by molar-refractivity contribution is 8.01. The highest BCUT2D eigenvalue weighted by atomic mass is 32.2. The quantitative estimate of drug-likeness (QED) is 0.509. The van der Waals surface area contributed by atoms with Crippen molar-refractivity contribution < 1.29 is 19.1 Å². The number of carbonyl (C=O) groups excluding carboxylic acids is 3. The minimum atomic E-state index is -0.550. The van der Waals surface area contributed by atoms with Crippen LogP contribution < -0.4 is 10.6 Å². The number of carbonyl (C=O) groups is 3. The summed E-state index contributed by atoms with van der Waals surface area (Å²) in [4.78, 5) is 36.8. The van der Waals surface area contributed by atoms with Gasteiger partial charge in [-0.3, -0.25) is 14.4 Å². The van der Waals surface area contributed by atoms with Crippen LogP contribution in [0.5, 0.6) is 0 Å². The Bertz CT molecular complexity index is 650. The Morgan fingerprint density at radius 2 is 2.08 bits per heavy atom. The van der Waals surface area contributed by atoms with Gasteiger partial charge in [0.15, 0.2) is 6.61 Å². The number of hydrogen-bond acceptors (Lipinski definition) is 5. The number of para-hydroxylation sites is 1. The van der Waals surface area contributed by atoms with Crippen LogP contribution in [0.25, 0.3) is 0 Å². The summed E-state index contributed by atoms with van der Waals surface area (Å²) in [6, 6.07) is 7.50. The Hall–Kier alpha value is -2.02. The van der Waals surface area contributed by atoms with Crippen LogP contribution in [0.4, 0.5) is 5.69 Å². The van der Waals surface area contributed by atoms with Gasteiger partial charge in [0.1, 0.15) is 0 Å². The molecule has 2 atom stereocenters. The van der Waals surface area contributed by atoms with Crippen molar-refractivity contribution in [2.24, 2.45) is 0 Å². The van der Waals surface area contributed by atoms with Crippen molar-refractivity contribution in [3.8, 4) is 0 Å². The van der Waals surface area contributed by atoms with Crippen LogP contribution in [-0.4, -0.2) is 35.7 Å². The van der Waals surface area contributed by atoms with E-state index in [9.17, 15) is 14.4 Å². The summed E-state index contributed by atoms with van der Waals surface area (Å²) >= 11 is 1.34. The zero-order valence-corrected chi connectivity index (χ0v) is 16.1. The van der Waals surface area contributed by atoms with E-state index in [4.69, 9.17) is 4.74 Å². The van der Waals surface area contributed by atoms with Crippen LogP contribution in [0.2, 0.25) is 0 Å². The second kappa shape index (κ2) is 10.2. The molecule has 0 unspecified atom stereocenters. The zero-order chi connectivity index (χ0) is 18.9. The first-order valence-corrected chi connectivity index (χ1v) is 9.89. The molecule has 1 aliphatic rings. The molecular formula is C19H26N2O4S. The van der Waals surface area contributed by atoms with E-state index >= 15 is 0 Å². The van der Waals surface area contributed by atoms with Gasteiger partial charge >= 0.3 is 5.97 Å². The molecule has 142 valence electrons. The average Bonchev–Trinajstić information content (AvgIpc) is 2.61. The number of rotatable bonds is 9. The van der Waals surface area contributed by atoms with E-state index in [2.05, 4.69) is 17.6 Å². The Morgan fingerprint density at radius 3 is 2.85 bits per heavy atom. The Balaban J connectivity index is 1.72. The lowest BCUT2D eigenvalue weighted by Gasteiger charge is -2.23. The first-order chi connectivity index (χ1) is 12.5. The third-order valence-electron chi connectivity index (χ3n) is 4.07. The number of nitrogens with one attached hydrogen (secondary N) is 2. The second-order valence-electron chi connectivity index (χ2n) is 6.42. The van der Waals surface area contributed by atoms with Crippen molar-refractivity contribution in [1.82, 2.24) is 5.32 Å². The molecule has 1 aliphatic heterocycles. The number of ether oxygens (including phenoxy) is 1. The molecule has 0 saturated heterocycles. The molecule has 0 bridgehead atoms. The van der Waals surface area contributed by atoms with Gasteiger partial charge in [0.25, 0.3) is 5.91 Å². The second-order valence-corrected chi connectivity index (χ2v) is 7.67. The van der Waals surface area contributed by atoms with Crippen molar-refractivity contribution in [1.29, 1.82) is 0 Å². The van der Waals surface area contributed by atoms with E-state index in [0.717, 1.165) is 36.3 Å². The van der Waals surface area contributed by atoms with E-state index in [1.807, 2.05) is 31.2 Å². The number of amides is 2. The molecule has 7 heteroatoms. The first kappa shape index (κ1) is 20.3. The fourth-order valence-electron chi connectivity index (χ4n) is 2.67. The molecule has 1 heterocycles. The smallest absolute Gasteiger partial charge is 0.307 e. The first-order valence-electron chi connectivity index (χ1n) is 9.01. The van der Waals surface area contributed by atoms with Crippen molar-refractivity contribution in [2.45, 2.75) is 62.1 Å². The van der Waals surface area contributed by atoms with E-state index < -0.39 is 11.2 Å². The molecule has 26 heavy (non-hydrogen) atoms. The molecule has 2 N–H and O–H groups in total. The summed E-state index contributed by atoms with van der Waals surface area (Å²) in [7, 11) is 0. The predicted molar refractivity (Wildman–Crippen MR) is 102 cm³/mol. The van der Waals surface area contributed by atoms with Gasteiger partial charge in [0.2, 0.25) is 5.91 Å². The maximum Gasteiger partial charge on any atom is 0.307 e. The SMILES string of the molecule is CCCCC[C@H](C)NC(=O)COC(=O)C[C@@H]1Sc2ccccc2NC1=O. The lowest BCUT2D eigenvalue weighted by atomic mass is 10.1. The van der Waals surface area contributed by atoms with E-state index in [0.29, 0.717) is 0 Å². The number of anilines is 1. The molecule has 0 spiro atoms. The van der Waals surface area contributed by atoms with Crippen molar-refractivity contribution in [3.63, 3.8) is 0 Å². The third kappa shape index (κ3) is 6.37. The fourth-order valence-corrected chi connectivity index (χ4v) is 3.77. The van der Waals surface area contributed by atoms with Gasteiger partial charge in [-0.1, -0.05) is 38.3 Å². The average molecular weight is 378 g/mol. The van der Waals surface area contributed by atoms with Crippen LogP contribution in [0.1, 0.15) is 46.0 Å². The fraction of sp³-hybridized carbons (Fsp3) is 0.526. The lowest BCUT2D eigenvalue weighted by Crippen LogP contribution is -2.36. The Kier molecular flexibility index (Phi) is 7.97. The highest BCUT2D eigenvalue weighted by Crippen LogP contribution is 2.36. The van der Waals surface area contributed by atoms with Crippen LogP contribution in [-0.2, 0) is 19.1 Å². The molecule has 0 fully saturated rings. The Morgan fingerprint density at radius 1 is 1.31 bits per heavy atom. The van der Waals surface area contributed by atoms with Gasteiger partial charge in [-0.2, -0.15) is 0 Å². The molecule has 1 aromatic carbocycles. The zero-order valence-electron chi connectivity index (χ0n) is 15.2. The third-order valence-corrected chi connectivity index (χ3v) is 5.35. The van der Waals surface area contributed by atoms with Gasteiger partial charge in [0.05, 0.1) is 17.4 Å². The molecule has 0 aromatic heterocycles. The molecule has 6 nitrogen and oxygen atoms in total. The number of benzene rings is 1. The summed E-state index contributed by atoms with van der Waals surface area (Å²) in [5, 5.41) is 5.05. The summed E-state index contributed by atoms with van der Waals surface area (Å²) in [5.41, 5.74) is 0.753. The van der Waals surface area contributed by atoms with Gasteiger partial charge in [-0.15, -0.1) is 11.8 Å². The minimum absolute atomic E-state index is 0.0592. The number of esters is 1. The molecule has 2 amide bonds. The van der Waals surface area contributed by atoms with Crippen molar-refractivity contribution >= 4 is 35.2 Å². The predicted octanol–water partition coefficient (Wildman–Crippen LogP) is 3.12. The highest BCUT2D eigenvalue weighted by Gasteiger charge is 2.29. The molecule has 0 radical (unpaired) electrons. The number of thioether (sulfide) groups is 1. The Labute approximate surface area is 158 Å². The largest absolute Gasteiger partial charge is 0.456 e. The van der Waals surface area contributed by atoms with Crippen LogP contribution in [0.15, 0.2) is 29.2 Å². The van der Waals surface area contributed by atoms with E-state index in [1.54, 1.807) is 0 Å². The van der Waals surface area contributed by atoms with Gasteiger partial charge in [-0.25, -0.2) is 0 Å². The normalized spacial score (nSPS) is 17.0. The van der Waals surface area contributed by atoms with Gasteiger partial charge in [-0.05, 0) is 25.5 Å². The molecule has 2 rings (SSSR count). The summed E-state index contributed by atoms with van der Waals surface area (Å²) < 4.78 is 5.03. The molecule has 0 saturated carbocycles. The van der Waals surface area contributed by atoms with E-state index in [1.165, 1.54) is 11.8 Å². The number of unbranched alkanes of at least 4 members (excludes halogenated alkanes) is 2. The molecular weight excluding hydrogens is 352 g/mol.